The van der Waals surface area contributed by atoms with Gasteiger partial charge >= 0.3 is 0 Å². The van der Waals surface area contributed by atoms with E-state index in [1.54, 1.807) is 13.8 Å². The molecule has 3 N–H and O–H groups in total. The van der Waals surface area contributed by atoms with Crippen LogP contribution in [0.3, 0.4) is 0 Å². The molecule has 1 rings (SSSR count). The minimum absolute atomic E-state index is 0.0839. The Bertz CT molecular complexity index is 273. The van der Waals surface area contributed by atoms with E-state index in [0.29, 0.717) is 17.3 Å². The van der Waals surface area contributed by atoms with Gasteiger partial charge in [0.05, 0.1) is 12.3 Å². The largest absolute Gasteiger partial charge is 0.390 e. The minimum atomic E-state index is -0.0839. The third-order valence-corrected chi connectivity index (χ3v) is 1.55. The van der Waals surface area contributed by atoms with Crippen LogP contribution < -0.4 is 5.73 Å². The first kappa shape index (κ1) is 7.94. The van der Waals surface area contributed by atoms with E-state index in [1.165, 1.54) is 0 Å². The highest BCUT2D eigenvalue weighted by molar-refractivity contribution is 5.40. The first-order chi connectivity index (χ1) is 5.15. The number of aliphatic hydroxyl groups is 1. The Morgan fingerprint density at radius 3 is 2.55 bits per heavy atom. The molecule has 1 aromatic heterocycles. The topological polar surface area (TPSA) is 72.0 Å². The molecular formula is C7H11N3O. The van der Waals surface area contributed by atoms with Gasteiger partial charge < -0.3 is 10.8 Å². The molecule has 0 aliphatic heterocycles. The van der Waals surface area contributed by atoms with E-state index < -0.39 is 0 Å². The van der Waals surface area contributed by atoms with Crippen LogP contribution in [-0.2, 0) is 6.61 Å². The maximum atomic E-state index is 8.82. The molecule has 0 saturated heterocycles. The quantitative estimate of drug-likeness (QED) is 0.603. The molecule has 0 amide bonds. The number of aliphatic hydroxyl groups excluding tert-OH is 1. The molecule has 0 aliphatic rings. The highest BCUT2D eigenvalue weighted by atomic mass is 16.3. The zero-order valence-electron chi connectivity index (χ0n) is 6.63. The molecule has 0 aromatic carbocycles. The van der Waals surface area contributed by atoms with Crippen LogP contribution >= 0.6 is 0 Å². The second-order valence-corrected chi connectivity index (χ2v) is 2.39. The summed E-state index contributed by atoms with van der Waals surface area (Å²) in [6.45, 7) is 3.45. The van der Waals surface area contributed by atoms with Gasteiger partial charge in [-0.05, 0) is 13.8 Å². The summed E-state index contributed by atoms with van der Waals surface area (Å²) in [7, 11) is 0. The highest BCUT2D eigenvalue weighted by Gasteiger charge is 2.03. The molecule has 0 aliphatic carbocycles. The fourth-order valence-corrected chi connectivity index (χ4v) is 0.864. The lowest BCUT2D eigenvalue weighted by Gasteiger charge is -2.04. The molecule has 0 bridgehead atoms. The van der Waals surface area contributed by atoms with Gasteiger partial charge in [0.2, 0.25) is 0 Å². The summed E-state index contributed by atoms with van der Waals surface area (Å²) in [5.74, 6) is 1.04. The molecule has 0 unspecified atom stereocenters. The van der Waals surface area contributed by atoms with Crippen molar-refractivity contribution in [1.29, 1.82) is 0 Å². The average Bonchev–Trinajstić information content (AvgIpc) is 1.96. The fourth-order valence-electron chi connectivity index (χ4n) is 0.864. The predicted octanol–water partition coefficient (Wildman–Crippen LogP) is 0.168. The zero-order valence-corrected chi connectivity index (χ0v) is 6.63. The van der Waals surface area contributed by atoms with Crippen molar-refractivity contribution >= 4 is 5.82 Å². The molecule has 0 radical (unpaired) electrons. The monoisotopic (exact) mass is 153 g/mol. The Balaban J connectivity index is 3.24. The molecule has 0 saturated carbocycles. The van der Waals surface area contributed by atoms with Gasteiger partial charge in [-0.3, -0.25) is 0 Å². The molecule has 0 atom stereocenters. The molecule has 0 fully saturated rings. The van der Waals surface area contributed by atoms with Crippen LogP contribution in [0.25, 0.3) is 0 Å². The Labute approximate surface area is 65.1 Å². The van der Waals surface area contributed by atoms with Crippen molar-refractivity contribution in [2.24, 2.45) is 0 Å². The average molecular weight is 153 g/mol. The van der Waals surface area contributed by atoms with Crippen LogP contribution in [0.15, 0.2) is 0 Å². The first-order valence-electron chi connectivity index (χ1n) is 3.35. The van der Waals surface area contributed by atoms with E-state index >= 15 is 0 Å². The third kappa shape index (κ3) is 1.46. The number of nitrogens with zero attached hydrogens (tertiary/aromatic N) is 2. The van der Waals surface area contributed by atoms with Crippen molar-refractivity contribution in [2.75, 3.05) is 5.73 Å². The molecule has 4 heteroatoms. The molecule has 4 nitrogen and oxygen atoms in total. The van der Waals surface area contributed by atoms with E-state index in [9.17, 15) is 0 Å². The van der Waals surface area contributed by atoms with Gasteiger partial charge in [0.15, 0.2) is 0 Å². The molecule has 1 aromatic rings. The van der Waals surface area contributed by atoms with Gasteiger partial charge in [-0.25, -0.2) is 9.97 Å². The summed E-state index contributed by atoms with van der Waals surface area (Å²) in [5.41, 5.74) is 6.90. The van der Waals surface area contributed by atoms with Gasteiger partial charge in [-0.2, -0.15) is 0 Å². The number of anilines is 1. The Kier molecular flexibility index (Phi) is 2.05. The lowest BCUT2D eigenvalue weighted by molar-refractivity contribution is 0.275. The standard InChI is InChI=1S/C7H11N3O/c1-4-6(3-11)9-5(2)10-7(4)8/h11H,3H2,1-2H3,(H2,8,9,10). The third-order valence-electron chi connectivity index (χ3n) is 1.55. The number of nitrogen functional groups attached to an aromatic ring is 1. The summed E-state index contributed by atoms with van der Waals surface area (Å²) < 4.78 is 0. The molecule has 0 spiro atoms. The number of hydrogen-bond acceptors (Lipinski definition) is 4. The smallest absolute Gasteiger partial charge is 0.130 e. The molecule has 11 heavy (non-hydrogen) atoms. The van der Waals surface area contributed by atoms with Crippen molar-refractivity contribution in [3.63, 3.8) is 0 Å². The second-order valence-electron chi connectivity index (χ2n) is 2.39. The Hall–Kier alpha value is -1.16. The normalized spacial score (nSPS) is 10.1. The van der Waals surface area contributed by atoms with Crippen LogP contribution in [0, 0.1) is 13.8 Å². The van der Waals surface area contributed by atoms with E-state index in [2.05, 4.69) is 9.97 Å². The van der Waals surface area contributed by atoms with Gasteiger partial charge in [0.1, 0.15) is 11.6 Å². The van der Waals surface area contributed by atoms with Crippen molar-refractivity contribution in [3.05, 3.63) is 17.1 Å². The van der Waals surface area contributed by atoms with Crippen LogP contribution in [0.2, 0.25) is 0 Å². The predicted molar refractivity (Wildman–Crippen MR) is 41.8 cm³/mol. The second kappa shape index (κ2) is 2.84. The SMILES string of the molecule is Cc1nc(N)c(C)c(CO)n1. The maximum Gasteiger partial charge on any atom is 0.130 e. The number of nitrogens with two attached hydrogens (primary N) is 1. The molecule has 1 heterocycles. The van der Waals surface area contributed by atoms with E-state index in [-0.39, 0.29) is 6.61 Å². The van der Waals surface area contributed by atoms with Gasteiger partial charge in [0, 0.05) is 5.56 Å². The zero-order chi connectivity index (χ0) is 8.43. The van der Waals surface area contributed by atoms with Crippen molar-refractivity contribution in [2.45, 2.75) is 20.5 Å². The fraction of sp³-hybridized carbons (Fsp3) is 0.429. The van der Waals surface area contributed by atoms with Crippen molar-refractivity contribution in [3.8, 4) is 0 Å². The lowest BCUT2D eigenvalue weighted by Crippen LogP contribution is -2.04. The lowest BCUT2D eigenvalue weighted by atomic mass is 10.2. The molecule has 60 valence electrons. The number of hydrogen-bond donors (Lipinski definition) is 2. The summed E-state index contributed by atoms with van der Waals surface area (Å²) in [5, 5.41) is 8.82. The van der Waals surface area contributed by atoms with Gasteiger partial charge in [-0.15, -0.1) is 0 Å². The van der Waals surface area contributed by atoms with Crippen LogP contribution in [0.1, 0.15) is 17.1 Å². The Morgan fingerprint density at radius 1 is 1.36 bits per heavy atom. The number of rotatable bonds is 1. The van der Waals surface area contributed by atoms with Crippen LogP contribution in [0.4, 0.5) is 5.82 Å². The summed E-state index contributed by atoms with van der Waals surface area (Å²) in [6.07, 6.45) is 0. The van der Waals surface area contributed by atoms with E-state index in [4.69, 9.17) is 10.8 Å². The Morgan fingerprint density at radius 2 is 2.00 bits per heavy atom. The maximum absolute atomic E-state index is 8.82. The summed E-state index contributed by atoms with van der Waals surface area (Å²) in [4.78, 5) is 7.95. The van der Waals surface area contributed by atoms with E-state index in [0.717, 1.165) is 5.56 Å². The first-order valence-corrected chi connectivity index (χ1v) is 3.35. The number of aryl methyl sites for hydroxylation is 1. The summed E-state index contributed by atoms with van der Waals surface area (Å²) >= 11 is 0. The van der Waals surface area contributed by atoms with Gasteiger partial charge in [0.25, 0.3) is 0 Å². The minimum Gasteiger partial charge on any atom is -0.390 e. The van der Waals surface area contributed by atoms with E-state index in [1.807, 2.05) is 0 Å². The van der Waals surface area contributed by atoms with Crippen molar-refractivity contribution < 1.29 is 5.11 Å². The summed E-state index contributed by atoms with van der Waals surface area (Å²) in [6, 6.07) is 0. The van der Waals surface area contributed by atoms with Crippen LogP contribution in [0.5, 0.6) is 0 Å². The number of aromatic nitrogens is 2. The van der Waals surface area contributed by atoms with Gasteiger partial charge in [-0.1, -0.05) is 0 Å². The van der Waals surface area contributed by atoms with Crippen LogP contribution in [-0.4, -0.2) is 15.1 Å². The highest BCUT2D eigenvalue weighted by Crippen LogP contribution is 2.10. The van der Waals surface area contributed by atoms with Crippen molar-refractivity contribution in [1.82, 2.24) is 9.97 Å². The molecular weight excluding hydrogens is 142 g/mol.